The highest BCUT2D eigenvalue weighted by molar-refractivity contribution is 5.88. The molecular weight excluding hydrogens is 372 g/mol. The maximum atomic E-state index is 13.2. The van der Waals surface area contributed by atoms with Gasteiger partial charge in [-0.25, -0.2) is 15.0 Å². The summed E-state index contributed by atoms with van der Waals surface area (Å²) < 4.78 is 0. The SMILES string of the molecule is CC(=O)Nc1cncc([C@@H]2CCON2C(=O)C2CCN(c3ncccn3)CC2)c1. The van der Waals surface area contributed by atoms with Crippen LogP contribution in [0.25, 0.3) is 0 Å². The van der Waals surface area contributed by atoms with Gasteiger partial charge in [0.1, 0.15) is 0 Å². The van der Waals surface area contributed by atoms with Crippen LogP contribution in [0.3, 0.4) is 0 Å². The number of nitrogens with zero attached hydrogens (tertiary/aromatic N) is 5. The molecule has 4 rings (SSSR count). The molecule has 0 aliphatic carbocycles. The molecule has 0 radical (unpaired) electrons. The van der Waals surface area contributed by atoms with Crippen LogP contribution in [0.15, 0.2) is 36.9 Å². The summed E-state index contributed by atoms with van der Waals surface area (Å²) in [5, 5.41) is 4.24. The molecule has 2 aromatic heterocycles. The Hall–Kier alpha value is -3.07. The molecule has 2 aromatic rings. The Labute approximate surface area is 169 Å². The Balaban J connectivity index is 1.41. The molecule has 4 heterocycles. The van der Waals surface area contributed by atoms with Crippen LogP contribution >= 0.6 is 0 Å². The van der Waals surface area contributed by atoms with Gasteiger partial charge in [-0.05, 0) is 30.5 Å². The van der Waals surface area contributed by atoms with Crippen molar-refractivity contribution in [3.05, 3.63) is 42.5 Å². The van der Waals surface area contributed by atoms with Gasteiger partial charge in [0, 0.05) is 50.9 Å². The van der Waals surface area contributed by atoms with E-state index in [-0.39, 0.29) is 23.8 Å². The number of hydrogen-bond donors (Lipinski definition) is 1. The number of rotatable bonds is 4. The topological polar surface area (TPSA) is 101 Å². The fourth-order valence-corrected chi connectivity index (χ4v) is 3.86. The van der Waals surface area contributed by atoms with Crippen molar-refractivity contribution in [2.24, 2.45) is 5.92 Å². The van der Waals surface area contributed by atoms with E-state index in [1.807, 2.05) is 6.07 Å². The normalized spacial score (nSPS) is 20.0. The van der Waals surface area contributed by atoms with Crippen molar-refractivity contribution in [2.45, 2.75) is 32.2 Å². The third kappa shape index (κ3) is 4.34. The van der Waals surface area contributed by atoms with Crippen molar-refractivity contribution in [2.75, 3.05) is 29.9 Å². The summed E-state index contributed by atoms with van der Waals surface area (Å²) in [5.74, 6) is 0.455. The molecule has 0 aromatic carbocycles. The van der Waals surface area contributed by atoms with Gasteiger partial charge in [-0.15, -0.1) is 0 Å². The fraction of sp³-hybridized carbons (Fsp3) is 0.450. The quantitative estimate of drug-likeness (QED) is 0.843. The fourth-order valence-electron chi connectivity index (χ4n) is 3.86. The molecule has 0 saturated carbocycles. The van der Waals surface area contributed by atoms with Crippen molar-refractivity contribution in [3.8, 4) is 0 Å². The van der Waals surface area contributed by atoms with Crippen molar-refractivity contribution < 1.29 is 14.4 Å². The molecule has 1 atom stereocenters. The van der Waals surface area contributed by atoms with Crippen LogP contribution < -0.4 is 10.2 Å². The van der Waals surface area contributed by atoms with E-state index in [9.17, 15) is 9.59 Å². The predicted molar refractivity (Wildman–Crippen MR) is 106 cm³/mol. The Morgan fingerprint density at radius 2 is 1.90 bits per heavy atom. The monoisotopic (exact) mass is 396 g/mol. The van der Waals surface area contributed by atoms with E-state index in [1.165, 1.54) is 12.0 Å². The lowest BCUT2D eigenvalue weighted by Crippen LogP contribution is -2.42. The van der Waals surface area contributed by atoms with Gasteiger partial charge < -0.3 is 10.2 Å². The van der Waals surface area contributed by atoms with Crippen LogP contribution in [0, 0.1) is 5.92 Å². The number of nitrogens with one attached hydrogen (secondary N) is 1. The van der Waals surface area contributed by atoms with E-state index in [0.717, 1.165) is 31.5 Å². The number of hydroxylamine groups is 2. The number of anilines is 2. The minimum atomic E-state index is -0.195. The maximum Gasteiger partial charge on any atom is 0.249 e. The standard InChI is InChI=1S/C20H24N6O3/c1-14(27)24-17-11-16(12-21-13-17)18-5-10-29-26(18)19(28)15-3-8-25(9-4-15)20-22-6-2-7-23-20/h2,6-7,11-13,15,18H,3-5,8-10H2,1H3,(H,24,27)/t18-/m0/s1. The van der Waals surface area contributed by atoms with Gasteiger partial charge in [-0.2, -0.15) is 0 Å². The molecule has 2 saturated heterocycles. The van der Waals surface area contributed by atoms with E-state index in [2.05, 4.69) is 25.2 Å². The predicted octanol–water partition coefficient (Wildman–Crippen LogP) is 1.95. The molecular formula is C20H24N6O3. The van der Waals surface area contributed by atoms with Crippen LogP contribution in [-0.2, 0) is 14.4 Å². The number of carbonyl (C=O) groups is 2. The highest BCUT2D eigenvalue weighted by atomic mass is 16.7. The number of amides is 2. The van der Waals surface area contributed by atoms with Crippen LogP contribution in [0.5, 0.6) is 0 Å². The Kier molecular flexibility index (Phi) is 5.66. The highest BCUT2D eigenvalue weighted by Crippen LogP contribution is 2.34. The molecule has 0 spiro atoms. The van der Waals surface area contributed by atoms with Gasteiger partial charge in [0.2, 0.25) is 17.8 Å². The van der Waals surface area contributed by atoms with E-state index < -0.39 is 0 Å². The zero-order valence-electron chi connectivity index (χ0n) is 16.3. The van der Waals surface area contributed by atoms with E-state index >= 15 is 0 Å². The summed E-state index contributed by atoms with van der Waals surface area (Å²) in [7, 11) is 0. The van der Waals surface area contributed by atoms with Gasteiger partial charge in [0.15, 0.2) is 0 Å². The molecule has 9 nitrogen and oxygen atoms in total. The van der Waals surface area contributed by atoms with Gasteiger partial charge in [-0.1, -0.05) is 0 Å². The number of hydrogen-bond acceptors (Lipinski definition) is 7. The summed E-state index contributed by atoms with van der Waals surface area (Å²) in [6.07, 6.45) is 8.93. The summed E-state index contributed by atoms with van der Waals surface area (Å²) in [4.78, 5) is 45.0. The average Bonchev–Trinajstić information content (AvgIpc) is 3.24. The molecule has 29 heavy (non-hydrogen) atoms. The van der Waals surface area contributed by atoms with E-state index in [0.29, 0.717) is 24.7 Å². The molecule has 2 fully saturated rings. The second-order valence-electron chi connectivity index (χ2n) is 7.30. The maximum absolute atomic E-state index is 13.2. The smallest absolute Gasteiger partial charge is 0.249 e. The Morgan fingerprint density at radius 3 is 2.62 bits per heavy atom. The third-order valence-corrected chi connectivity index (χ3v) is 5.27. The van der Waals surface area contributed by atoms with Gasteiger partial charge in [-0.3, -0.25) is 19.4 Å². The molecule has 2 amide bonds. The lowest BCUT2D eigenvalue weighted by atomic mass is 9.95. The summed E-state index contributed by atoms with van der Waals surface area (Å²) >= 11 is 0. The first-order valence-electron chi connectivity index (χ1n) is 9.82. The van der Waals surface area contributed by atoms with E-state index in [1.54, 1.807) is 30.9 Å². The molecule has 152 valence electrons. The Morgan fingerprint density at radius 1 is 1.14 bits per heavy atom. The minimum absolute atomic E-state index is 0.00561. The number of pyridine rings is 1. The van der Waals surface area contributed by atoms with Crippen molar-refractivity contribution >= 4 is 23.5 Å². The molecule has 2 aliphatic heterocycles. The van der Waals surface area contributed by atoms with Gasteiger partial charge in [0.25, 0.3) is 0 Å². The summed E-state index contributed by atoms with van der Waals surface area (Å²) in [6.45, 7) is 3.41. The molecule has 1 N–H and O–H groups in total. The zero-order chi connectivity index (χ0) is 20.2. The van der Waals surface area contributed by atoms with Gasteiger partial charge in [0.05, 0.1) is 24.5 Å². The Bertz CT molecular complexity index is 870. The first-order valence-corrected chi connectivity index (χ1v) is 9.82. The van der Waals surface area contributed by atoms with Crippen molar-refractivity contribution in [1.82, 2.24) is 20.0 Å². The first kappa shape index (κ1) is 19.3. The molecule has 2 aliphatic rings. The van der Waals surface area contributed by atoms with Gasteiger partial charge >= 0.3 is 0 Å². The summed E-state index contributed by atoms with van der Waals surface area (Å²) in [6, 6.07) is 3.45. The van der Waals surface area contributed by atoms with Crippen LogP contribution in [0.2, 0.25) is 0 Å². The molecule has 0 unspecified atom stereocenters. The van der Waals surface area contributed by atoms with Crippen LogP contribution in [0.1, 0.15) is 37.8 Å². The average molecular weight is 396 g/mol. The second kappa shape index (κ2) is 8.52. The largest absolute Gasteiger partial charge is 0.341 e. The highest BCUT2D eigenvalue weighted by Gasteiger charge is 2.37. The van der Waals surface area contributed by atoms with Crippen molar-refractivity contribution in [3.63, 3.8) is 0 Å². The summed E-state index contributed by atoms with van der Waals surface area (Å²) in [5.41, 5.74) is 1.47. The lowest BCUT2D eigenvalue weighted by Gasteiger charge is -2.34. The third-order valence-electron chi connectivity index (χ3n) is 5.27. The number of carbonyl (C=O) groups excluding carboxylic acids is 2. The molecule has 0 bridgehead atoms. The van der Waals surface area contributed by atoms with E-state index in [4.69, 9.17) is 4.84 Å². The first-order chi connectivity index (χ1) is 14.1. The molecule has 9 heteroatoms. The van der Waals surface area contributed by atoms with Crippen LogP contribution in [-0.4, -0.2) is 51.5 Å². The number of aromatic nitrogens is 3. The lowest BCUT2D eigenvalue weighted by molar-refractivity contribution is -0.182. The van der Waals surface area contributed by atoms with Crippen LogP contribution in [0.4, 0.5) is 11.6 Å². The van der Waals surface area contributed by atoms with Crippen molar-refractivity contribution in [1.29, 1.82) is 0 Å². The number of piperidine rings is 1. The minimum Gasteiger partial charge on any atom is -0.341 e. The second-order valence-corrected chi connectivity index (χ2v) is 7.30. The zero-order valence-corrected chi connectivity index (χ0v) is 16.3.